The molecule has 4 saturated carbocycles. The lowest BCUT2D eigenvalue weighted by Gasteiger charge is -2.57. The van der Waals surface area contributed by atoms with E-state index in [-0.39, 0.29) is 5.91 Å². The van der Waals surface area contributed by atoms with Crippen LogP contribution in [0.1, 0.15) is 54.4 Å². The van der Waals surface area contributed by atoms with Crippen molar-refractivity contribution in [1.29, 1.82) is 0 Å². The fourth-order valence-electron chi connectivity index (χ4n) is 7.56. The van der Waals surface area contributed by atoms with Crippen LogP contribution in [-0.2, 0) is 5.41 Å². The first-order valence-electron chi connectivity index (χ1n) is 12.4. The largest absolute Gasteiger partial charge is 0.496 e. The van der Waals surface area contributed by atoms with Gasteiger partial charge in [0.05, 0.1) is 7.11 Å². The Labute approximate surface area is 196 Å². The summed E-state index contributed by atoms with van der Waals surface area (Å²) < 4.78 is 5.91. The van der Waals surface area contributed by atoms with Crippen molar-refractivity contribution in [1.82, 2.24) is 4.90 Å². The molecule has 0 aromatic heterocycles. The van der Waals surface area contributed by atoms with Crippen molar-refractivity contribution < 1.29 is 9.53 Å². The van der Waals surface area contributed by atoms with E-state index < -0.39 is 0 Å². The fourth-order valence-corrected chi connectivity index (χ4v) is 7.56. The Balaban J connectivity index is 1.39. The second-order valence-electron chi connectivity index (χ2n) is 11.1. The van der Waals surface area contributed by atoms with Crippen LogP contribution in [0.2, 0.25) is 0 Å². The third kappa shape index (κ3) is 3.44. The summed E-state index contributed by atoms with van der Waals surface area (Å²) in [6.45, 7) is 0. The van der Waals surface area contributed by atoms with Crippen molar-refractivity contribution in [2.45, 2.75) is 43.9 Å². The smallest absolute Gasteiger partial charge is 0.253 e. The molecule has 4 fully saturated rings. The number of methoxy groups -OCH3 is 1. The molecule has 3 aromatic carbocycles. The number of amides is 1. The van der Waals surface area contributed by atoms with Crippen molar-refractivity contribution >= 4 is 16.7 Å². The summed E-state index contributed by atoms with van der Waals surface area (Å²) in [5.41, 5.74) is 4.95. The van der Waals surface area contributed by atoms with Gasteiger partial charge in [0.15, 0.2) is 0 Å². The van der Waals surface area contributed by atoms with E-state index in [2.05, 4.69) is 42.5 Å². The van der Waals surface area contributed by atoms with Gasteiger partial charge in [-0.25, -0.2) is 0 Å². The van der Waals surface area contributed by atoms with Crippen LogP contribution in [-0.4, -0.2) is 32.0 Å². The number of rotatable bonds is 4. The normalized spacial score (nSPS) is 27.7. The quantitative estimate of drug-likeness (QED) is 0.453. The van der Waals surface area contributed by atoms with Gasteiger partial charge < -0.3 is 9.64 Å². The van der Waals surface area contributed by atoms with Crippen molar-refractivity contribution in [2.75, 3.05) is 21.2 Å². The standard InChI is InChI=1S/C30H33NO2/c1-31(2)29(32)26-7-6-22-13-23(4-5-24(22)14-26)25-8-9-28(33-3)27(15-25)30-16-19-10-20(17-30)12-21(11-19)18-30/h4-9,13-15,19-21H,10-12,16-18H2,1-3H3. The lowest BCUT2D eigenvalue weighted by atomic mass is 9.48. The number of ether oxygens (including phenoxy) is 1. The van der Waals surface area contributed by atoms with E-state index >= 15 is 0 Å². The molecular weight excluding hydrogens is 406 g/mol. The van der Waals surface area contributed by atoms with Crippen LogP contribution < -0.4 is 4.74 Å². The first-order chi connectivity index (χ1) is 15.9. The number of hydrogen-bond acceptors (Lipinski definition) is 2. The summed E-state index contributed by atoms with van der Waals surface area (Å²) >= 11 is 0. The third-order valence-corrected chi connectivity index (χ3v) is 8.64. The van der Waals surface area contributed by atoms with E-state index in [1.165, 1.54) is 55.2 Å². The number of nitrogens with zero attached hydrogens (tertiary/aromatic N) is 1. The minimum atomic E-state index is 0.0383. The van der Waals surface area contributed by atoms with Crippen LogP contribution >= 0.6 is 0 Å². The van der Waals surface area contributed by atoms with E-state index in [4.69, 9.17) is 4.74 Å². The van der Waals surface area contributed by atoms with Gasteiger partial charge in [-0.1, -0.05) is 24.3 Å². The van der Waals surface area contributed by atoms with Gasteiger partial charge in [-0.3, -0.25) is 4.79 Å². The average molecular weight is 440 g/mol. The van der Waals surface area contributed by atoms with Gasteiger partial charge in [-0.15, -0.1) is 0 Å². The highest BCUT2D eigenvalue weighted by Gasteiger charge is 2.52. The molecule has 0 aliphatic heterocycles. The molecule has 33 heavy (non-hydrogen) atoms. The molecule has 170 valence electrons. The molecule has 0 radical (unpaired) electrons. The Morgan fingerprint density at radius 1 is 0.818 bits per heavy atom. The van der Waals surface area contributed by atoms with E-state index in [1.54, 1.807) is 19.0 Å². The van der Waals surface area contributed by atoms with Crippen molar-refractivity contribution in [2.24, 2.45) is 17.8 Å². The molecule has 1 amide bonds. The molecule has 4 aliphatic rings. The highest BCUT2D eigenvalue weighted by Crippen LogP contribution is 2.62. The molecular formula is C30H33NO2. The predicted octanol–water partition coefficient (Wildman–Crippen LogP) is 6.69. The number of hydrogen-bond donors (Lipinski definition) is 0. The number of fused-ring (bicyclic) bond motifs is 1. The zero-order chi connectivity index (χ0) is 22.7. The molecule has 3 nitrogen and oxygen atoms in total. The molecule has 0 atom stereocenters. The third-order valence-electron chi connectivity index (χ3n) is 8.64. The van der Waals surface area contributed by atoms with Crippen LogP contribution in [0.15, 0.2) is 54.6 Å². The molecule has 0 N–H and O–H groups in total. The van der Waals surface area contributed by atoms with Crippen molar-refractivity contribution in [3.8, 4) is 16.9 Å². The summed E-state index contributed by atoms with van der Waals surface area (Å²) in [4.78, 5) is 14.0. The monoisotopic (exact) mass is 439 g/mol. The SMILES string of the molecule is COc1ccc(-c2ccc3cc(C(=O)N(C)C)ccc3c2)cc1C12CC3CC(CC(C3)C1)C2. The van der Waals surface area contributed by atoms with Gasteiger partial charge in [0.25, 0.3) is 5.91 Å². The minimum absolute atomic E-state index is 0.0383. The Hall–Kier alpha value is -2.81. The lowest BCUT2D eigenvalue weighted by Crippen LogP contribution is -2.48. The molecule has 3 aromatic rings. The van der Waals surface area contributed by atoms with Crippen molar-refractivity contribution in [3.63, 3.8) is 0 Å². The summed E-state index contributed by atoms with van der Waals surface area (Å²) in [7, 11) is 5.41. The van der Waals surface area contributed by atoms with Crippen LogP contribution in [0.4, 0.5) is 0 Å². The van der Waals surface area contributed by atoms with Crippen LogP contribution in [0, 0.1) is 17.8 Å². The maximum Gasteiger partial charge on any atom is 0.253 e. The summed E-state index contributed by atoms with van der Waals surface area (Å²) in [6.07, 6.45) is 8.34. The van der Waals surface area contributed by atoms with Gasteiger partial charge in [-0.05, 0) is 114 Å². The first kappa shape index (κ1) is 20.8. The maximum absolute atomic E-state index is 12.4. The zero-order valence-electron chi connectivity index (χ0n) is 19.9. The van der Waals surface area contributed by atoms with Crippen LogP contribution in [0.5, 0.6) is 5.75 Å². The second kappa shape index (κ2) is 7.62. The lowest BCUT2D eigenvalue weighted by molar-refractivity contribution is -0.00613. The van der Waals surface area contributed by atoms with E-state index in [9.17, 15) is 4.79 Å². The van der Waals surface area contributed by atoms with Gasteiger partial charge in [0.2, 0.25) is 0 Å². The summed E-state index contributed by atoms with van der Waals surface area (Å²) in [5, 5.41) is 2.26. The molecule has 3 heteroatoms. The topological polar surface area (TPSA) is 29.5 Å². The van der Waals surface area contributed by atoms with E-state index in [0.717, 1.165) is 39.8 Å². The minimum Gasteiger partial charge on any atom is -0.496 e. The molecule has 4 aliphatic carbocycles. The first-order valence-corrected chi connectivity index (χ1v) is 12.4. The van der Waals surface area contributed by atoms with E-state index in [0.29, 0.717) is 5.41 Å². The summed E-state index contributed by atoms with van der Waals surface area (Å²) in [5.74, 6) is 3.82. The highest BCUT2D eigenvalue weighted by molar-refractivity contribution is 5.99. The second-order valence-corrected chi connectivity index (χ2v) is 11.1. The number of carbonyl (C=O) groups is 1. The van der Waals surface area contributed by atoms with Crippen LogP contribution in [0.3, 0.4) is 0 Å². The Morgan fingerprint density at radius 2 is 1.39 bits per heavy atom. The van der Waals surface area contributed by atoms with Crippen LogP contribution in [0.25, 0.3) is 21.9 Å². The summed E-state index contributed by atoms with van der Waals surface area (Å²) in [6, 6.07) is 19.4. The van der Waals surface area contributed by atoms with E-state index in [1.807, 2.05) is 19.2 Å². The predicted molar refractivity (Wildman–Crippen MR) is 134 cm³/mol. The molecule has 0 spiro atoms. The molecule has 4 bridgehead atoms. The maximum atomic E-state index is 12.4. The molecule has 0 unspecified atom stereocenters. The number of carbonyl (C=O) groups excluding carboxylic acids is 1. The Kier molecular flexibility index (Phi) is 4.79. The van der Waals surface area contributed by atoms with Gasteiger partial charge in [0, 0.05) is 25.2 Å². The highest BCUT2D eigenvalue weighted by atomic mass is 16.5. The fraction of sp³-hybridized carbons (Fsp3) is 0.433. The zero-order valence-corrected chi connectivity index (χ0v) is 19.9. The Bertz CT molecular complexity index is 1210. The van der Waals surface area contributed by atoms with Crippen molar-refractivity contribution in [3.05, 3.63) is 65.7 Å². The van der Waals surface area contributed by atoms with Gasteiger partial charge in [0.1, 0.15) is 5.75 Å². The molecule has 0 heterocycles. The number of benzene rings is 3. The average Bonchev–Trinajstić information content (AvgIpc) is 2.81. The molecule has 0 saturated heterocycles. The Morgan fingerprint density at radius 3 is 2.03 bits per heavy atom. The molecule has 7 rings (SSSR count). The van der Waals surface area contributed by atoms with Gasteiger partial charge in [-0.2, -0.15) is 0 Å². The van der Waals surface area contributed by atoms with Gasteiger partial charge >= 0.3 is 0 Å².